The zero-order chi connectivity index (χ0) is 19.7. The van der Waals surface area contributed by atoms with Crippen LogP contribution in [0.4, 0.5) is 0 Å². The molecule has 0 aliphatic carbocycles. The van der Waals surface area contributed by atoms with E-state index in [4.69, 9.17) is 18.3 Å². The van der Waals surface area contributed by atoms with E-state index < -0.39 is 11.9 Å². The Bertz CT molecular complexity index is 1100. The largest absolute Gasteiger partial charge is 0.460 e. The summed E-state index contributed by atoms with van der Waals surface area (Å²) in [6, 6.07) is 6.06. The molecule has 0 atom stereocenters. The maximum absolute atomic E-state index is 13.1. The SMILES string of the molecule is CCOC(=O)c1ccc(-c2c(C)oc3cc(OC(C)=O)cc(C)c3c2=O)o1. The monoisotopic (exact) mass is 370 g/mol. The number of esters is 2. The molecule has 0 saturated carbocycles. The van der Waals surface area contributed by atoms with Gasteiger partial charge in [-0.15, -0.1) is 0 Å². The molecule has 0 radical (unpaired) electrons. The Kier molecular flexibility index (Phi) is 4.85. The van der Waals surface area contributed by atoms with Crippen molar-refractivity contribution >= 4 is 22.9 Å². The number of benzene rings is 1. The van der Waals surface area contributed by atoms with E-state index in [0.29, 0.717) is 28.0 Å². The van der Waals surface area contributed by atoms with Gasteiger partial charge in [0.15, 0.2) is 0 Å². The highest BCUT2D eigenvalue weighted by Gasteiger charge is 2.21. The van der Waals surface area contributed by atoms with Crippen LogP contribution in [0.1, 0.15) is 35.7 Å². The zero-order valence-corrected chi connectivity index (χ0v) is 15.4. The number of hydrogen-bond donors (Lipinski definition) is 0. The van der Waals surface area contributed by atoms with Crippen molar-refractivity contribution in [1.82, 2.24) is 0 Å². The second-order valence-electron chi connectivity index (χ2n) is 5.95. The summed E-state index contributed by atoms with van der Waals surface area (Å²) in [5, 5.41) is 0.348. The van der Waals surface area contributed by atoms with E-state index >= 15 is 0 Å². The van der Waals surface area contributed by atoms with Crippen molar-refractivity contribution in [2.24, 2.45) is 0 Å². The first-order valence-corrected chi connectivity index (χ1v) is 8.35. The Labute approximate surface area is 154 Å². The molecular weight excluding hydrogens is 352 g/mol. The lowest BCUT2D eigenvalue weighted by Crippen LogP contribution is -2.09. The molecule has 0 unspecified atom stereocenters. The minimum atomic E-state index is -0.603. The van der Waals surface area contributed by atoms with E-state index in [0.717, 1.165) is 0 Å². The van der Waals surface area contributed by atoms with Crippen molar-refractivity contribution in [3.63, 3.8) is 0 Å². The fourth-order valence-corrected chi connectivity index (χ4v) is 2.89. The van der Waals surface area contributed by atoms with E-state index in [1.165, 1.54) is 25.1 Å². The van der Waals surface area contributed by atoms with Crippen LogP contribution in [-0.2, 0) is 9.53 Å². The van der Waals surface area contributed by atoms with Gasteiger partial charge in [0.2, 0.25) is 11.2 Å². The predicted octanol–water partition coefficient (Wildman–Crippen LogP) is 3.77. The summed E-state index contributed by atoms with van der Waals surface area (Å²) in [7, 11) is 0. The molecule has 7 heteroatoms. The van der Waals surface area contributed by atoms with Gasteiger partial charge in [0.25, 0.3) is 0 Å². The Balaban J connectivity index is 2.15. The molecule has 0 amide bonds. The fraction of sp³-hybridized carbons (Fsp3) is 0.250. The number of aryl methyl sites for hydroxylation is 2. The highest BCUT2D eigenvalue weighted by Crippen LogP contribution is 2.29. The van der Waals surface area contributed by atoms with Crippen LogP contribution in [0.3, 0.4) is 0 Å². The molecule has 0 aliphatic rings. The predicted molar refractivity (Wildman–Crippen MR) is 96.9 cm³/mol. The molecule has 3 aromatic rings. The van der Waals surface area contributed by atoms with Crippen LogP contribution >= 0.6 is 0 Å². The summed E-state index contributed by atoms with van der Waals surface area (Å²) in [5.74, 6) is -0.232. The average molecular weight is 370 g/mol. The third-order valence-electron chi connectivity index (χ3n) is 3.93. The number of rotatable bonds is 4. The van der Waals surface area contributed by atoms with Crippen molar-refractivity contribution < 1.29 is 27.9 Å². The summed E-state index contributed by atoms with van der Waals surface area (Å²) in [5.41, 5.74) is 0.817. The first-order chi connectivity index (χ1) is 12.8. The molecule has 0 aliphatic heterocycles. The summed E-state index contributed by atoms with van der Waals surface area (Å²) < 4.78 is 21.3. The molecule has 7 nitrogen and oxygen atoms in total. The average Bonchev–Trinajstić information content (AvgIpc) is 3.03. The normalized spacial score (nSPS) is 10.8. The lowest BCUT2D eigenvalue weighted by molar-refractivity contribution is -0.131. The van der Waals surface area contributed by atoms with Gasteiger partial charge >= 0.3 is 11.9 Å². The van der Waals surface area contributed by atoms with Crippen molar-refractivity contribution in [2.45, 2.75) is 27.7 Å². The molecule has 1 aromatic carbocycles. The van der Waals surface area contributed by atoms with Gasteiger partial charge in [-0.1, -0.05) is 0 Å². The Morgan fingerprint density at radius 3 is 2.52 bits per heavy atom. The van der Waals surface area contributed by atoms with Crippen LogP contribution in [0.25, 0.3) is 22.3 Å². The summed E-state index contributed by atoms with van der Waals surface area (Å²) in [4.78, 5) is 36.0. The van der Waals surface area contributed by atoms with Crippen LogP contribution in [-0.4, -0.2) is 18.5 Å². The molecule has 140 valence electrons. The van der Waals surface area contributed by atoms with Gasteiger partial charge in [-0.05, 0) is 44.5 Å². The van der Waals surface area contributed by atoms with Gasteiger partial charge in [0, 0.05) is 13.0 Å². The molecule has 2 aromatic heterocycles. The maximum atomic E-state index is 13.1. The topological polar surface area (TPSA) is 96.0 Å². The zero-order valence-electron chi connectivity index (χ0n) is 15.4. The number of fused-ring (bicyclic) bond motifs is 1. The van der Waals surface area contributed by atoms with E-state index in [1.807, 2.05) is 0 Å². The fourth-order valence-electron chi connectivity index (χ4n) is 2.89. The van der Waals surface area contributed by atoms with Crippen molar-refractivity contribution in [3.05, 3.63) is 51.6 Å². The molecule has 2 heterocycles. The van der Waals surface area contributed by atoms with Crippen LogP contribution in [0.15, 0.2) is 37.9 Å². The molecule has 0 fully saturated rings. The minimum Gasteiger partial charge on any atom is -0.460 e. The molecule has 0 N–H and O–H groups in total. The molecular formula is C20H18O7. The Morgan fingerprint density at radius 2 is 1.85 bits per heavy atom. The number of hydrogen-bond acceptors (Lipinski definition) is 7. The first kappa shape index (κ1) is 18.4. The standard InChI is InChI=1S/C20H18O7/c1-5-24-20(23)15-7-6-14(27-15)18-11(3)25-16-9-13(26-12(4)21)8-10(2)17(16)19(18)22/h6-9H,5H2,1-4H3. The van der Waals surface area contributed by atoms with Crippen LogP contribution in [0, 0.1) is 13.8 Å². The third-order valence-corrected chi connectivity index (χ3v) is 3.93. The summed E-state index contributed by atoms with van der Waals surface area (Å²) in [6.45, 7) is 6.54. The van der Waals surface area contributed by atoms with Crippen molar-refractivity contribution in [1.29, 1.82) is 0 Å². The van der Waals surface area contributed by atoms with Crippen LogP contribution < -0.4 is 10.2 Å². The van der Waals surface area contributed by atoms with E-state index in [1.54, 1.807) is 26.8 Å². The lowest BCUT2D eigenvalue weighted by Gasteiger charge is -2.09. The first-order valence-electron chi connectivity index (χ1n) is 8.35. The van der Waals surface area contributed by atoms with E-state index in [2.05, 4.69) is 0 Å². The van der Waals surface area contributed by atoms with Crippen molar-refractivity contribution in [3.8, 4) is 17.1 Å². The molecule has 0 saturated heterocycles. The van der Waals surface area contributed by atoms with Crippen LogP contribution in [0.2, 0.25) is 0 Å². The highest BCUT2D eigenvalue weighted by molar-refractivity contribution is 5.89. The highest BCUT2D eigenvalue weighted by atomic mass is 16.5. The van der Waals surface area contributed by atoms with Gasteiger partial charge in [0.1, 0.15) is 28.4 Å². The van der Waals surface area contributed by atoms with Crippen molar-refractivity contribution in [2.75, 3.05) is 6.61 Å². The third kappa shape index (κ3) is 3.48. The number of carbonyl (C=O) groups is 2. The molecule has 0 bridgehead atoms. The molecule has 0 spiro atoms. The molecule has 27 heavy (non-hydrogen) atoms. The number of carbonyl (C=O) groups excluding carboxylic acids is 2. The minimum absolute atomic E-state index is 0.00711. The van der Waals surface area contributed by atoms with E-state index in [9.17, 15) is 14.4 Å². The van der Waals surface area contributed by atoms with E-state index in [-0.39, 0.29) is 29.1 Å². The molecule has 3 rings (SSSR count). The number of ether oxygens (including phenoxy) is 2. The summed E-state index contributed by atoms with van der Waals surface area (Å²) >= 11 is 0. The summed E-state index contributed by atoms with van der Waals surface area (Å²) in [6.07, 6.45) is 0. The van der Waals surface area contributed by atoms with Gasteiger partial charge in [-0.2, -0.15) is 0 Å². The maximum Gasteiger partial charge on any atom is 0.374 e. The van der Waals surface area contributed by atoms with Gasteiger partial charge < -0.3 is 18.3 Å². The Hall–Kier alpha value is -3.35. The van der Waals surface area contributed by atoms with Gasteiger partial charge in [0.05, 0.1) is 12.0 Å². The number of furan rings is 1. The quantitative estimate of drug-likeness (QED) is 0.509. The lowest BCUT2D eigenvalue weighted by atomic mass is 10.0. The van der Waals surface area contributed by atoms with Crippen LogP contribution in [0.5, 0.6) is 5.75 Å². The smallest absolute Gasteiger partial charge is 0.374 e. The van der Waals surface area contributed by atoms with Gasteiger partial charge in [-0.3, -0.25) is 9.59 Å². The second-order valence-corrected chi connectivity index (χ2v) is 5.95. The Morgan fingerprint density at radius 1 is 1.11 bits per heavy atom. The second kappa shape index (κ2) is 7.11. The van der Waals surface area contributed by atoms with Gasteiger partial charge in [-0.25, -0.2) is 4.79 Å².